The lowest BCUT2D eigenvalue weighted by atomic mass is 9.94. The Morgan fingerprint density at radius 2 is 0.697 bits per heavy atom. The molecule has 18 unspecified atom stereocenters. The average molecular weight is 974 g/mol. The Hall–Kier alpha value is -1.20. The van der Waals surface area contributed by atoms with Crippen LogP contribution in [0.1, 0.15) is 6.92 Å². The van der Waals surface area contributed by atoms with Gasteiger partial charge in [0, 0.05) is 0 Å². The van der Waals surface area contributed by atoms with E-state index in [4.69, 9.17) is 57.8 Å². The molecule has 0 aromatic carbocycles. The molecule has 6 rings (SSSR count). The quantitative estimate of drug-likeness (QED) is 0.0724. The minimum absolute atomic E-state index is 0.860. The van der Waals surface area contributed by atoms with Crippen molar-refractivity contribution < 1.29 is 144 Å². The van der Waals surface area contributed by atoms with Gasteiger partial charge in [-0.15, -0.1) is 0 Å². The molecule has 6 aliphatic rings. The van der Waals surface area contributed by atoms with Crippen LogP contribution in [0.25, 0.3) is 0 Å². The van der Waals surface area contributed by atoms with Crippen LogP contribution in [0, 0.1) is 0 Å². The van der Waals surface area contributed by atoms with E-state index in [1.54, 1.807) is 0 Å². The van der Waals surface area contributed by atoms with E-state index in [2.05, 4.69) is 0 Å². The first-order chi connectivity index (χ1) is 31.2. The van der Waals surface area contributed by atoms with Gasteiger partial charge in [0.05, 0.1) is 45.2 Å². The summed E-state index contributed by atoms with van der Waals surface area (Å²) in [5, 5.41) is 190. The van der Waals surface area contributed by atoms with Crippen molar-refractivity contribution in [1.82, 2.24) is 0 Å². The van der Waals surface area contributed by atoms with Crippen molar-refractivity contribution in [1.29, 1.82) is 0 Å². The number of ether oxygens (including phenoxy) is 11. The van der Waals surface area contributed by atoms with E-state index < -0.39 is 217 Å². The third-order valence-electron chi connectivity index (χ3n) is 12.5. The van der Waals surface area contributed by atoms with E-state index in [9.17, 15) is 91.9 Å². The molecule has 6 heterocycles. The van der Waals surface area contributed by atoms with Gasteiger partial charge in [-0.2, -0.15) is 0 Å². The maximum atomic E-state index is 11.5. The summed E-state index contributed by atoms with van der Waals surface area (Å²) in [4.78, 5) is 0. The van der Waals surface area contributed by atoms with Gasteiger partial charge < -0.3 is 150 Å². The van der Waals surface area contributed by atoms with Crippen molar-refractivity contribution in [2.75, 3.05) is 33.0 Å². The van der Waals surface area contributed by atoms with Gasteiger partial charge in [-0.25, -0.2) is 0 Å². The maximum Gasteiger partial charge on any atom is 0.187 e. The summed E-state index contributed by atoms with van der Waals surface area (Å²) in [6.07, 6.45) is -52.9. The molecule has 0 aromatic heterocycles. The Morgan fingerprint density at radius 3 is 1.27 bits per heavy atom. The van der Waals surface area contributed by atoms with E-state index in [1.807, 2.05) is 0 Å². The molecule has 0 saturated carbocycles. The predicted molar refractivity (Wildman–Crippen MR) is 200 cm³/mol. The zero-order valence-corrected chi connectivity index (χ0v) is 35.0. The van der Waals surface area contributed by atoms with E-state index in [0.29, 0.717) is 0 Å². The Balaban J connectivity index is 1.18. The number of aliphatic hydroxyl groups is 18. The number of hydrogen-bond acceptors (Lipinski definition) is 30. The molecule has 6 aliphatic heterocycles. The summed E-state index contributed by atoms with van der Waals surface area (Å²) >= 11 is 0. The molecule has 0 amide bonds. The van der Waals surface area contributed by atoms with Crippen molar-refractivity contribution >= 4 is 0 Å². The van der Waals surface area contributed by atoms with Crippen LogP contribution >= 0.6 is 0 Å². The minimum atomic E-state index is -2.15. The van der Waals surface area contributed by atoms with Crippen LogP contribution in [0.4, 0.5) is 0 Å². The molecule has 30 heteroatoms. The van der Waals surface area contributed by atoms with Gasteiger partial charge >= 0.3 is 0 Å². The molecular weight excluding hydrogens is 910 g/mol. The van der Waals surface area contributed by atoms with Crippen LogP contribution in [-0.2, 0) is 52.1 Å². The van der Waals surface area contributed by atoms with Crippen LogP contribution in [-0.4, -0.2) is 309 Å². The fourth-order valence-corrected chi connectivity index (χ4v) is 8.49. The average Bonchev–Trinajstić information content (AvgIpc) is 3.30. The Bertz CT molecular complexity index is 1490. The number of rotatable bonds is 15. The summed E-state index contributed by atoms with van der Waals surface area (Å²) in [6.45, 7) is -3.36. The molecule has 0 radical (unpaired) electrons. The molecule has 66 heavy (non-hydrogen) atoms. The SMILES string of the molecule is CC1O[C@@H](OC2C(O)[C@@H](O)C(CO)O[C@H]2OC2C(N)[C@H](OC3C(O)[C@@H](O[C@H]4C(CO)O[C@@H](O[C@@H]5C(CO)O[C@@H](O)C(O)C5O)C(O)C4O)OC(CO)[C@@H]3O)OC(CO)[C@@H]2O)C(O)C(O)[C@@H]1O. The molecule has 0 spiro atoms. The number of nitrogens with two attached hydrogens (primary N) is 1. The topological polar surface area (TPSA) is 492 Å². The summed E-state index contributed by atoms with van der Waals surface area (Å²) in [7, 11) is 0. The molecule has 30 nitrogen and oxygen atoms in total. The normalized spacial score (nSPS) is 54.0. The summed E-state index contributed by atoms with van der Waals surface area (Å²) < 4.78 is 61.8. The first-order valence-corrected chi connectivity index (χ1v) is 21.1. The smallest absolute Gasteiger partial charge is 0.187 e. The van der Waals surface area contributed by atoms with Crippen molar-refractivity contribution in [3.05, 3.63) is 0 Å². The van der Waals surface area contributed by atoms with E-state index in [1.165, 1.54) is 6.92 Å². The summed E-state index contributed by atoms with van der Waals surface area (Å²) in [5.74, 6) is 0. The molecule has 6 fully saturated rings. The van der Waals surface area contributed by atoms with Crippen LogP contribution in [0.15, 0.2) is 0 Å². The zero-order chi connectivity index (χ0) is 48.6. The van der Waals surface area contributed by atoms with Crippen LogP contribution in [0.3, 0.4) is 0 Å². The first kappa shape index (κ1) is 54.1. The highest BCUT2D eigenvalue weighted by Crippen LogP contribution is 2.36. The molecule has 0 bridgehead atoms. The van der Waals surface area contributed by atoms with Crippen molar-refractivity contribution in [3.63, 3.8) is 0 Å². The summed E-state index contributed by atoms with van der Waals surface area (Å²) in [6, 6.07) is -1.73. The Labute approximate surface area is 373 Å². The first-order valence-electron chi connectivity index (χ1n) is 21.1. The van der Waals surface area contributed by atoms with Crippen LogP contribution < -0.4 is 5.73 Å². The highest BCUT2D eigenvalue weighted by molar-refractivity contribution is 5.00. The van der Waals surface area contributed by atoms with Gasteiger partial charge in [0.15, 0.2) is 37.7 Å². The fraction of sp³-hybridized carbons (Fsp3) is 1.00. The van der Waals surface area contributed by atoms with Crippen LogP contribution in [0.2, 0.25) is 0 Å². The van der Waals surface area contributed by atoms with Crippen molar-refractivity contribution in [2.24, 2.45) is 5.73 Å². The largest absolute Gasteiger partial charge is 0.394 e. The molecular formula is C36H63NO29. The molecule has 386 valence electrons. The highest BCUT2D eigenvalue weighted by Gasteiger charge is 2.57. The van der Waals surface area contributed by atoms with E-state index in [-0.39, 0.29) is 0 Å². The van der Waals surface area contributed by atoms with Gasteiger partial charge in [-0.1, -0.05) is 0 Å². The molecule has 0 aromatic rings. The monoisotopic (exact) mass is 973 g/mol. The lowest BCUT2D eigenvalue weighted by Gasteiger charge is -2.50. The van der Waals surface area contributed by atoms with Crippen molar-refractivity contribution in [3.8, 4) is 0 Å². The number of hydrogen-bond donors (Lipinski definition) is 19. The maximum absolute atomic E-state index is 11.5. The third-order valence-corrected chi connectivity index (χ3v) is 12.5. The summed E-state index contributed by atoms with van der Waals surface area (Å²) in [5.41, 5.74) is 6.47. The third kappa shape index (κ3) is 10.8. The number of aliphatic hydroxyl groups excluding tert-OH is 18. The lowest BCUT2D eigenvalue weighted by molar-refractivity contribution is -0.392. The van der Waals surface area contributed by atoms with E-state index in [0.717, 1.165) is 0 Å². The Morgan fingerprint density at radius 1 is 0.318 bits per heavy atom. The molecule has 0 aliphatic carbocycles. The van der Waals surface area contributed by atoms with Gasteiger partial charge in [0.1, 0.15) is 134 Å². The zero-order valence-electron chi connectivity index (χ0n) is 35.0. The van der Waals surface area contributed by atoms with Gasteiger partial charge in [0.25, 0.3) is 0 Å². The lowest BCUT2D eigenvalue weighted by Crippen LogP contribution is -2.69. The minimum Gasteiger partial charge on any atom is -0.394 e. The van der Waals surface area contributed by atoms with Crippen molar-refractivity contribution in [2.45, 2.75) is 191 Å². The van der Waals surface area contributed by atoms with Gasteiger partial charge in [-0.3, -0.25) is 0 Å². The standard InChI is InChI=1S/C36H63NO29/c1-7-14(43)18(47)23(52)33(56-7)66-30-19(48)15(44)8(2-38)60-36(30)64-28-13(37)32(58-9(3-39)16(28)45)65-29-17(46)10(4-40)59-35(25(29)54)63-27-12(6-42)61-34(24(53)21(27)50)62-26-11(5-41)57-31(55)22(51)20(26)49/h7-36,38-55H,2-6,37H2,1H3/t7?,8?,9?,10?,11?,12?,13?,14-,15+,16+,17+,18?,19?,20?,21?,22?,23?,24?,25?,26-,27+,28?,29?,30?,31-,32+,33+,34+,35-,36+/m1/s1. The Kier molecular flexibility index (Phi) is 18.8. The second-order valence-corrected chi connectivity index (χ2v) is 16.8. The molecule has 20 N–H and O–H groups in total. The molecule has 6 saturated heterocycles. The second-order valence-electron chi connectivity index (χ2n) is 16.8. The van der Waals surface area contributed by atoms with Gasteiger partial charge in [0.2, 0.25) is 0 Å². The predicted octanol–water partition coefficient (Wildman–Crippen LogP) is -13.1. The van der Waals surface area contributed by atoms with Crippen LogP contribution in [0.5, 0.6) is 0 Å². The van der Waals surface area contributed by atoms with E-state index >= 15 is 0 Å². The molecule has 30 atom stereocenters. The van der Waals surface area contributed by atoms with Gasteiger partial charge in [-0.05, 0) is 6.92 Å². The second kappa shape index (κ2) is 22.9. The fourth-order valence-electron chi connectivity index (χ4n) is 8.49. The highest BCUT2D eigenvalue weighted by atomic mass is 16.8.